The lowest BCUT2D eigenvalue weighted by Gasteiger charge is -2.03. The molecule has 1 amide bonds. The largest absolute Gasteiger partial charge is 0.396 e. The third kappa shape index (κ3) is 5.86. The van der Waals surface area contributed by atoms with Crippen molar-refractivity contribution in [3.8, 4) is 0 Å². The molecule has 114 valence electrons. The van der Waals surface area contributed by atoms with Gasteiger partial charge in [-0.15, -0.1) is 11.3 Å². The first-order chi connectivity index (χ1) is 10.3. The number of hydrogen-bond donors (Lipinski definition) is 2. The van der Waals surface area contributed by atoms with Gasteiger partial charge in [-0.05, 0) is 24.3 Å². The Morgan fingerprint density at radius 2 is 2.19 bits per heavy atom. The van der Waals surface area contributed by atoms with E-state index in [1.165, 1.54) is 11.8 Å². The standard InChI is InChI=1S/C14H18N2O2S3/c17-7-3-8-19-9-6-15-13(18)10-20-14-16-11-4-1-2-5-12(11)21-14/h1-2,4-5,17H,3,6-10H2,(H,15,18). The SMILES string of the molecule is O=C(CSc1nc2ccccc2s1)NCCSCCCO. The van der Waals surface area contributed by atoms with E-state index in [9.17, 15) is 4.79 Å². The van der Waals surface area contributed by atoms with Crippen LogP contribution in [0, 0.1) is 0 Å². The number of amides is 1. The van der Waals surface area contributed by atoms with Gasteiger partial charge in [0.15, 0.2) is 4.34 Å². The first-order valence-corrected chi connectivity index (χ1v) is 9.69. The summed E-state index contributed by atoms with van der Waals surface area (Å²) in [5, 5.41) is 11.5. The van der Waals surface area contributed by atoms with Gasteiger partial charge in [0.25, 0.3) is 0 Å². The van der Waals surface area contributed by atoms with Crippen molar-refractivity contribution in [2.45, 2.75) is 10.8 Å². The quantitative estimate of drug-likeness (QED) is 0.542. The molecule has 0 saturated heterocycles. The van der Waals surface area contributed by atoms with E-state index in [1.54, 1.807) is 23.1 Å². The van der Waals surface area contributed by atoms with Crippen molar-refractivity contribution in [3.63, 3.8) is 0 Å². The van der Waals surface area contributed by atoms with Crippen LogP contribution in [0.5, 0.6) is 0 Å². The maximum atomic E-state index is 11.7. The lowest BCUT2D eigenvalue weighted by atomic mass is 10.3. The van der Waals surface area contributed by atoms with Crippen LogP contribution in [0.25, 0.3) is 10.2 Å². The average molecular weight is 343 g/mol. The molecule has 1 aromatic carbocycles. The minimum absolute atomic E-state index is 0.0435. The maximum absolute atomic E-state index is 11.7. The highest BCUT2D eigenvalue weighted by Gasteiger charge is 2.07. The highest BCUT2D eigenvalue weighted by molar-refractivity contribution is 8.01. The van der Waals surface area contributed by atoms with Crippen LogP contribution < -0.4 is 5.32 Å². The number of thioether (sulfide) groups is 2. The number of para-hydroxylation sites is 1. The number of aliphatic hydroxyl groups is 1. The fraction of sp³-hybridized carbons (Fsp3) is 0.429. The third-order valence-corrected chi connectivity index (χ3v) is 5.87. The molecular formula is C14H18N2O2S3. The van der Waals surface area contributed by atoms with Gasteiger partial charge in [0.1, 0.15) is 0 Å². The Labute approximate surface area is 136 Å². The molecule has 2 rings (SSSR count). The third-order valence-electron chi connectivity index (χ3n) is 2.62. The van der Waals surface area contributed by atoms with Crippen molar-refractivity contribution < 1.29 is 9.90 Å². The van der Waals surface area contributed by atoms with Crippen molar-refractivity contribution in [1.82, 2.24) is 10.3 Å². The summed E-state index contributed by atoms with van der Waals surface area (Å²) in [5.41, 5.74) is 0.991. The summed E-state index contributed by atoms with van der Waals surface area (Å²) in [7, 11) is 0. The average Bonchev–Trinajstić information content (AvgIpc) is 2.91. The van der Waals surface area contributed by atoms with Crippen LogP contribution in [0.1, 0.15) is 6.42 Å². The zero-order valence-corrected chi connectivity index (χ0v) is 14.0. The highest BCUT2D eigenvalue weighted by Crippen LogP contribution is 2.28. The Morgan fingerprint density at radius 1 is 1.33 bits per heavy atom. The topological polar surface area (TPSA) is 62.2 Å². The van der Waals surface area contributed by atoms with Crippen molar-refractivity contribution in [2.24, 2.45) is 0 Å². The smallest absolute Gasteiger partial charge is 0.230 e. The van der Waals surface area contributed by atoms with Gasteiger partial charge < -0.3 is 10.4 Å². The number of nitrogens with zero attached hydrogens (tertiary/aromatic N) is 1. The molecule has 2 N–H and O–H groups in total. The van der Waals surface area contributed by atoms with E-state index in [0.29, 0.717) is 12.3 Å². The molecule has 7 heteroatoms. The normalized spacial score (nSPS) is 10.9. The van der Waals surface area contributed by atoms with Crippen molar-refractivity contribution in [1.29, 1.82) is 0 Å². The van der Waals surface area contributed by atoms with Crippen molar-refractivity contribution >= 4 is 51.0 Å². The van der Waals surface area contributed by atoms with Crippen LogP contribution in [0.15, 0.2) is 28.6 Å². The minimum Gasteiger partial charge on any atom is -0.396 e. The van der Waals surface area contributed by atoms with Gasteiger partial charge in [-0.1, -0.05) is 23.9 Å². The van der Waals surface area contributed by atoms with Crippen LogP contribution in [0.4, 0.5) is 0 Å². The Bertz CT molecular complexity index is 541. The molecule has 4 nitrogen and oxygen atoms in total. The predicted octanol–water partition coefficient (Wildman–Crippen LogP) is 2.62. The Hall–Kier alpha value is -0.760. The molecule has 2 aromatic rings. The number of thiazole rings is 1. The molecular weight excluding hydrogens is 324 g/mol. The number of nitrogens with one attached hydrogen (secondary N) is 1. The lowest BCUT2D eigenvalue weighted by Crippen LogP contribution is -2.27. The molecule has 1 aromatic heterocycles. The van der Waals surface area contributed by atoms with Crippen molar-refractivity contribution in [3.05, 3.63) is 24.3 Å². The molecule has 1 heterocycles. The monoisotopic (exact) mass is 342 g/mol. The van der Waals surface area contributed by atoms with E-state index in [0.717, 1.165) is 32.5 Å². The summed E-state index contributed by atoms with van der Waals surface area (Å²) < 4.78 is 2.09. The molecule has 0 spiro atoms. The summed E-state index contributed by atoms with van der Waals surface area (Å²) in [6, 6.07) is 7.99. The second-order valence-electron chi connectivity index (χ2n) is 4.28. The number of aromatic nitrogens is 1. The Kier molecular flexibility index (Phi) is 7.35. The first kappa shape index (κ1) is 16.6. The summed E-state index contributed by atoms with van der Waals surface area (Å²) in [4.78, 5) is 16.2. The second-order valence-corrected chi connectivity index (χ2v) is 7.75. The van der Waals surface area contributed by atoms with Gasteiger partial charge in [0, 0.05) is 18.9 Å². The molecule has 0 fully saturated rings. The second kappa shape index (κ2) is 9.30. The van der Waals surface area contributed by atoms with E-state index >= 15 is 0 Å². The fourth-order valence-electron chi connectivity index (χ4n) is 1.62. The zero-order valence-electron chi connectivity index (χ0n) is 11.6. The van der Waals surface area contributed by atoms with E-state index in [4.69, 9.17) is 5.11 Å². The summed E-state index contributed by atoms with van der Waals surface area (Å²) in [6.45, 7) is 0.910. The number of carbonyl (C=O) groups is 1. The number of rotatable bonds is 9. The van der Waals surface area contributed by atoms with E-state index in [-0.39, 0.29) is 12.5 Å². The van der Waals surface area contributed by atoms with Crippen LogP contribution in [-0.2, 0) is 4.79 Å². The number of aliphatic hydroxyl groups excluding tert-OH is 1. The lowest BCUT2D eigenvalue weighted by molar-refractivity contribution is -0.118. The maximum Gasteiger partial charge on any atom is 0.230 e. The van der Waals surface area contributed by atoms with Gasteiger partial charge in [-0.25, -0.2) is 4.98 Å². The molecule has 0 bridgehead atoms. The highest BCUT2D eigenvalue weighted by atomic mass is 32.2. The van der Waals surface area contributed by atoms with Crippen LogP contribution in [0.3, 0.4) is 0 Å². The summed E-state index contributed by atoms with van der Waals surface area (Å²) in [6.07, 6.45) is 0.812. The summed E-state index contributed by atoms with van der Waals surface area (Å²) >= 11 is 4.85. The fourth-order valence-corrected chi connectivity index (χ4v) is 4.30. The van der Waals surface area contributed by atoms with Gasteiger partial charge >= 0.3 is 0 Å². The molecule has 0 unspecified atom stereocenters. The molecule has 21 heavy (non-hydrogen) atoms. The number of carbonyl (C=O) groups excluding carboxylic acids is 1. The van der Waals surface area contributed by atoms with Crippen LogP contribution in [0.2, 0.25) is 0 Å². The molecule has 0 aliphatic heterocycles. The van der Waals surface area contributed by atoms with Gasteiger partial charge in [-0.2, -0.15) is 11.8 Å². The van der Waals surface area contributed by atoms with Gasteiger partial charge in [0.05, 0.1) is 16.0 Å². The molecule has 0 radical (unpaired) electrons. The molecule has 0 saturated carbocycles. The Balaban J connectivity index is 1.64. The van der Waals surface area contributed by atoms with Crippen LogP contribution >= 0.6 is 34.9 Å². The predicted molar refractivity (Wildman–Crippen MR) is 92.4 cm³/mol. The number of fused-ring (bicyclic) bond motifs is 1. The molecule has 0 aliphatic carbocycles. The van der Waals surface area contributed by atoms with E-state index in [2.05, 4.69) is 10.3 Å². The van der Waals surface area contributed by atoms with E-state index < -0.39 is 0 Å². The van der Waals surface area contributed by atoms with Gasteiger partial charge in [-0.3, -0.25) is 4.79 Å². The van der Waals surface area contributed by atoms with Crippen LogP contribution in [-0.4, -0.2) is 46.4 Å². The van der Waals surface area contributed by atoms with Crippen molar-refractivity contribution in [2.75, 3.05) is 30.4 Å². The molecule has 0 aliphatic rings. The minimum atomic E-state index is 0.0435. The molecule has 0 atom stereocenters. The van der Waals surface area contributed by atoms with E-state index in [1.807, 2.05) is 24.3 Å². The number of hydrogen-bond acceptors (Lipinski definition) is 6. The summed E-state index contributed by atoms with van der Waals surface area (Å²) in [5.74, 6) is 2.27. The Morgan fingerprint density at radius 3 is 3.00 bits per heavy atom. The zero-order chi connectivity index (χ0) is 14.9. The van der Waals surface area contributed by atoms with Gasteiger partial charge in [0.2, 0.25) is 5.91 Å². The number of benzene rings is 1. The first-order valence-electron chi connectivity index (χ1n) is 6.73.